The first-order chi connectivity index (χ1) is 8.55. The van der Waals surface area contributed by atoms with E-state index in [1.165, 1.54) is 0 Å². The van der Waals surface area contributed by atoms with Crippen molar-refractivity contribution in [2.45, 2.75) is 58.7 Å². The van der Waals surface area contributed by atoms with E-state index in [-0.39, 0.29) is 11.6 Å². The molecule has 1 heterocycles. The van der Waals surface area contributed by atoms with Gasteiger partial charge in [-0.15, -0.1) is 0 Å². The summed E-state index contributed by atoms with van der Waals surface area (Å²) in [6.45, 7) is 9.92. The Labute approximate surface area is 110 Å². The van der Waals surface area contributed by atoms with Crippen LogP contribution in [0.1, 0.15) is 39.9 Å². The second kappa shape index (κ2) is 6.87. The van der Waals surface area contributed by atoms with Crippen LogP contribution in [0.15, 0.2) is 12.4 Å². The summed E-state index contributed by atoms with van der Waals surface area (Å²) in [6.07, 6.45) is 5.71. The number of hydrazine groups is 1. The molecule has 0 amide bonds. The summed E-state index contributed by atoms with van der Waals surface area (Å²) in [4.78, 5) is 4.41. The van der Waals surface area contributed by atoms with Crippen LogP contribution in [0, 0.1) is 0 Å². The van der Waals surface area contributed by atoms with Gasteiger partial charge in [-0.2, -0.15) is 0 Å². The van der Waals surface area contributed by atoms with Crippen molar-refractivity contribution in [1.82, 2.24) is 15.0 Å². The molecule has 0 radical (unpaired) electrons. The zero-order chi connectivity index (χ0) is 13.6. The Kier molecular flexibility index (Phi) is 5.78. The van der Waals surface area contributed by atoms with Gasteiger partial charge in [0.2, 0.25) is 0 Å². The summed E-state index contributed by atoms with van der Waals surface area (Å²) in [7, 11) is 0. The van der Waals surface area contributed by atoms with Gasteiger partial charge >= 0.3 is 0 Å². The Bertz CT molecular complexity index is 349. The molecule has 0 spiro atoms. The highest BCUT2D eigenvalue weighted by Gasteiger charge is 2.30. The molecule has 0 saturated heterocycles. The molecule has 0 aliphatic rings. The number of aryl methyl sites for hydroxylation is 1. The van der Waals surface area contributed by atoms with Crippen molar-refractivity contribution in [3.8, 4) is 0 Å². The Hall–Kier alpha value is -0.910. The van der Waals surface area contributed by atoms with E-state index in [1.54, 1.807) is 0 Å². The number of nitrogens with zero attached hydrogens (tertiary/aromatic N) is 2. The third-order valence-corrected chi connectivity index (χ3v) is 3.21. The highest BCUT2D eigenvalue weighted by Crippen LogP contribution is 2.18. The summed E-state index contributed by atoms with van der Waals surface area (Å²) in [5, 5.41) is 0. The molecule has 1 aromatic heterocycles. The zero-order valence-electron chi connectivity index (χ0n) is 11.9. The third-order valence-electron chi connectivity index (χ3n) is 3.21. The standard InChI is InChI=1S/C13H26N4O/c1-5-8-17-9-7-15-12(17)10-11(16-14)13(3,4)18-6-2/h7,9,11,16H,5-6,8,10,14H2,1-4H3. The van der Waals surface area contributed by atoms with Crippen LogP contribution >= 0.6 is 0 Å². The van der Waals surface area contributed by atoms with Gasteiger partial charge in [0.1, 0.15) is 5.82 Å². The maximum atomic E-state index is 5.75. The number of hydrogen-bond donors (Lipinski definition) is 2. The molecule has 0 bridgehead atoms. The first kappa shape index (κ1) is 15.1. The van der Waals surface area contributed by atoms with Crippen molar-refractivity contribution in [3.05, 3.63) is 18.2 Å². The highest BCUT2D eigenvalue weighted by atomic mass is 16.5. The first-order valence-electron chi connectivity index (χ1n) is 6.65. The second-order valence-electron chi connectivity index (χ2n) is 5.00. The van der Waals surface area contributed by atoms with Gasteiger partial charge < -0.3 is 9.30 Å². The van der Waals surface area contributed by atoms with Crippen LogP contribution in [0.4, 0.5) is 0 Å². The Morgan fingerprint density at radius 1 is 1.50 bits per heavy atom. The molecule has 0 aromatic carbocycles. The smallest absolute Gasteiger partial charge is 0.110 e. The molecular weight excluding hydrogens is 228 g/mol. The summed E-state index contributed by atoms with van der Waals surface area (Å²) >= 11 is 0. The lowest BCUT2D eigenvalue weighted by molar-refractivity contribution is -0.0386. The van der Waals surface area contributed by atoms with Gasteiger partial charge in [0.25, 0.3) is 0 Å². The van der Waals surface area contributed by atoms with Gasteiger partial charge in [-0.1, -0.05) is 6.92 Å². The highest BCUT2D eigenvalue weighted by molar-refractivity contribution is 4.99. The monoisotopic (exact) mass is 254 g/mol. The minimum absolute atomic E-state index is 0.0375. The Balaban J connectivity index is 2.76. The molecule has 1 aromatic rings. The minimum Gasteiger partial charge on any atom is -0.374 e. The normalized spacial score (nSPS) is 13.8. The fourth-order valence-corrected chi connectivity index (χ4v) is 2.14. The SMILES string of the molecule is CCCn1ccnc1CC(NN)C(C)(C)OCC. The molecule has 0 saturated carbocycles. The summed E-state index contributed by atoms with van der Waals surface area (Å²) in [5.41, 5.74) is 2.54. The van der Waals surface area contributed by atoms with Gasteiger partial charge in [-0.25, -0.2) is 4.98 Å². The molecule has 18 heavy (non-hydrogen) atoms. The van der Waals surface area contributed by atoms with Crippen LogP contribution in [0.2, 0.25) is 0 Å². The average Bonchev–Trinajstić information content (AvgIpc) is 2.73. The number of aromatic nitrogens is 2. The lowest BCUT2D eigenvalue weighted by Crippen LogP contribution is -2.53. The predicted molar refractivity (Wildman–Crippen MR) is 73.0 cm³/mol. The number of imidazole rings is 1. The van der Waals surface area contributed by atoms with Gasteiger partial charge in [0.05, 0.1) is 11.6 Å². The van der Waals surface area contributed by atoms with Crippen molar-refractivity contribution in [1.29, 1.82) is 0 Å². The van der Waals surface area contributed by atoms with E-state index in [4.69, 9.17) is 10.6 Å². The van der Waals surface area contributed by atoms with Crippen LogP contribution in [0.5, 0.6) is 0 Å². The molecule has 5 nitrogen and oxygen atoms in total. The quantitative estimate of drug-likeness (QED) is 0.545. The third kappa shape index (κ3) is 3.80. The van der Waals surface area contributed by atoms with Gasteiger partial charge in [-0.05, 0) is 27.2 Å². The van der Waals surface area contributed by atoms with Crippen LogP contribution in [-0.4, -0.2) is 27.8 Å². The van der Waals surface area contributed by atoms with Crippen molar-refractivity contribution < 1.29 is 4.74 Å². The summed E-state index contributed by atoms with van der Waals surface area (Å²) in [6, 6.07) is 0.0375. The molecule has 5 heteroatoms. The molecule has 1 atom stereocenters. The summed E-state index contributed by atoms with van der Waals surface area (Å²) < 4.78 is 7.92. The van der Waals surface area contributed by atoms with E-state index in [1.807, 2.05) is 33.2 Å². The Morgan fingerprint density at radius 2 is 2.22 bits per heavy atom. The van der Waals surface area contributed by atoms with Crippen LogP contribution in [0.25, 0.3) is 0 Å². The average molecular weight is 254 g/mol. The second-order valence-corrected chi connectivity index (χ2v) is 5.00. The fourth-order valence-electron chi connectivity index (χ4n) is 2.14. The van der Waals surface area contributed by atoms with E-state index in [0.29, 0.717) is 6.61 Å². The van der Waals surface area contributed by atoms with E-state index in [2.05, 4.69) is 21.9 Å². The zero-order valence-corrected chi connectivity index (χ0v) is 11.9. The van der Waals surface area contributed by atoms with E-state index >= 15 is 0 Å². The molecule has 1 rings (SSSR count). The lowest BCUT2D eigenvalue weighted by atomic mass is 9.95. The molecule has 3 N–H and O–H groups in total. The molecule has 0 aliphatic carbocycles. The molecular formula is C13H26N4O. The van der Waals surface area contributed by atoms with Crippen LogP contribution in [0.3, 0.4) is 0 Å². The maximum Gasteiger partial charge on any atom is 0.110 e. The number of ether oxygens (including phenoxy) is 1. The topological polar surface area (TPSA) is 65.1 Å². The summed E-state index contributed by atoms with van der Waals surface area (Å²) in [5.74, 6) is 6.71. The molecule has 0 fully saturated rings. The Morgan fingerprint density at radius 3 is 2.78 bits per heavy atom. The van der Waals surface area contributed by atoms with Gasteiger partial charge in [-0.3, -0.25) is 11.3 Å². The van der Waals surface area contributed by atoms with Crippen molar-refractivity contribution in [2.24, 2.45) is 5.84 Å². The predicted octanol–water partition coefficient (Wildman–Crippen LogP) is 1.48. The van der Waals surface area contributed by atoms with E-state index < -0.39 is 0 Å². The largest absolute Gasteiger partial charge is 0.374 e. The maximum absolute atomic E-state index is 5.75. The van der Waals surface area contributed by atoms with E-state index in [0.717, 1.165) is 25.2 Å². The molecule has 1 unspecified atom stereocenters. The molecule has 0 aliphatic heterocycles. The van der Waals surface area contributed by atoms with Gasteiger partial charge in [0.15, 0.2) is 0 Å². The minimum atomic E-state index is -0.313. The van der Waals surface area contributed by atoms with Crippen molar-refractivity contribution in [2.75, 3.05) is 6.61 Å². The van der Waals surface area contributed by atoms with Crippen LogP contribution in [-0.2, 0) is 17.7 Å². The van der Waals surface area contributed by atoms with Crippen LogP contribution < -0.4 is 11.3 Å². The molecule has 104 valence electrons. The van der Waals surface area contributed by atoms with E-state index in [9.17, 15) is 0 Å². The number of hydrogen-bond acceptors (Lipinski definition) is 4. The van der Waals surface area contributed by atoms with Crippen molar-refractivity contribution in [3.63, 3.8) is 0 Å². The van der Waals surface area contributed by atoms with Gasteiger partial charge in [0, 0.05) is 32.0 Å². The number of nitrogens with one attached hydrogen (secondary N) is 1. The van der Waals surface area contributed by atoms with Crippen molar-refractivity contribution >= 4 is 0 Å². The lowest BCUT2D eigenvalue weighted by Gasteiger charge is -2.33. The number of rotatable bonds is 8. The number of nitrogens with two attached hydrogens (primary N) is 1. The fraction of sp³-hybridized carbons (Fsp3) is 0.769. The first-order valence-corrected chi connectivity index (χ1v) is 6.65.